The normalized spacial score (nSPS) is 32.2. The smallest absolute Gasteiger partial charge is 0.335 e. The van der Waals surface area contributed by atoms with Gasteiger partial charge in [0, 0.05) is 17.3 Å². The lowest BCUT2D eigenvalue weighted by Crippen LogP contribution is -2.54. The van der Waals surface area contributed by atoms with Gasteiger partial charge in [-0.05, 0) is 79.4 Å². The number of carboxylic acid groups (broad SMARTS) is 2. The molecule has 4 aliphatic rings. The standard InChI is InChI=1S/C45H68O14/c1-26-13-15-32-42(3,4)17-11-19-44(32,6)30(26)23-58-37(41(53)56-10)29(22-35(48)49)39(51)59-25-43(5)18-12-20-45(7)31(27(2)14-16-33(43)45)24-57-36(40(52)55-9)28(21-34(46)47)38(50)54-8/h28-33,36-37H,1-2,11-25H2,3-10H3,(H,46,47)(H,48,49)/t28-,29-,30+,31+,32+,33+,36-,37-,43+,44-,45-/m1/s1. The number of hydrogen-bond donors (Lipinski definition) is 2. The monoisotopic (exact) mass is 832 g/mol. The molecule has 0 amide bonds. The van der Waals surface area contributed by atoms with Gasteiger partial charge in [0.05, 0.1) is 54.0 Å². The third kappa shape index (κ3) is 10.2. The van der Waals surface area contributed by atoms with E-state index >= 15 is 0 Å². The molecule has 0 bridgehead atoms. The van der Waals surface area contributed by atoms with E-state index in [1.165, 1.54) is 7.11 Å². The zero-order valence-corrected chi connectivity index (χ0v) is 36.4. The second-order valence-electron chi connectivity index (χ2n) is 19.1. The minimum absolute atomic E-state index is 0.0565. The van der Waals surface area contributed by atoms with Gasteiger partial charge in [-0.2, -0.15) is 0 Å². The molecule has 4 fully saturated rings. The molecule has 2 N–H and O–H groups in total. The number of methoxy groups -OCH3 is 3. The van der Waals surface area contributed by atoms with E-state index in [4.69, 9.17) is 28.4 Å². The molecule has 14 heteroatoms. The Morgan fingerprint density at radius 3 is 1.51 bits per heavy atom. The maximum Gasteiger partial charge on any atom is 0.335 e. The first-order valence-electron chi connectivity index (χ1n) is 21.0. The van der Waals surface area contributed by atoms with Crippen molar-refractivity contribution in [2.75, 3.05) is 41.2 Å². The maximum atomic E-state index is 14.1. The molecule has 14 nitrogen and oxygen atoms in total. The van der Waals surface area contributed by atoms with Crippen molar-refractivity contribution in [3.8, 4) is 0 Å². The molecule has 0 aromatic rings. The molecule has 0 aromatic heterocycles. The Morgan fingerprint density at radius 2 is 1.05 bits per heavy atom. The fraction of sp³-hybridized carbons (Fsp3) is 0.778. The van der Waals surface area contributed by atoms with Crippen LogP contribution in [-0.2, 0) is 57.2 Å². The Kier molecular flexibility index (Phi) is 15.7. The Hall–Kier alpha value is -3.78. The lowest BCUT2D eigenvalue weighted by Gasteiger charge is -2.58. The van der Waals surface area contributed by atoms with Crippen LogP contribution in [0.5, 0.6) is 0 Å². The summed E-state index contributed by atoms with van der Waals surface area (Å²) in [4.78, 5) is 76.9. The summed E-state index contributed by atoms with van der Waals surface area (Å²) in [6.45, 7) is 19.7. The van der Waals surface area contributed by atoms with Crippen LogP contribution in [0.1, 0.15) is 112 Å². The molecule has 0 spiro atoms. The van der Waals surface area contributed by atoms with Gasteiger partial charge in [0.2, 0.25) is 0 Å². The number of fused-ring (bicyclic) bond motifs is 2. The summed E-state index contributed by atoms with van der Waals surface area (Å²) in [7, 11) is 3.40. The summed E-state index contributed by atoms with van der Waals surface area (Å²) in [6, 6.07) is 0. The van der Waals surface area contributed by atoms with E-state index in [0.717, 1.165) is 70.3 Å². The molecule has 0 aromatic carbocycles. The quantitative estimate of drug-likeness (QED) is 0.0853. The molecule has 0 saturated heterocycles. The Balaban J connectivity index is 1.54. The predicted octanol–water partition coefficient (Wildman–Crippen LogP) is 6.58. The molecule has 4 rings (SSSR count). The number of carbonyl (C=O) groups excluding carboxylic acids is 4. The fourth-order valence-corrected chi connectivity index (χ4v) is 12.0. The van der Waals surface area contributed by atoms with E-state index in [9.17, 15) is 39.0 Å². The summed E-state index contributed by atoms with van der Waals surface area (Å²) in [5.74, 6) is -9.14. The van der Waals surface area contributed by atoms with Gasteiger partial charge in [0.1, 0.15) is 11.8 Å². The van der Waals surface area contributed by atoms with E-state index in [2.05, 4.69) is 40.9 Å². The molecule has 0 unspecified atom stereocenters. The maximum absolute atomic E-state index is 14.1. The molecule has 4 aliphatic carbocycles. The highest BCUT2D eigenvalue weighted by atomic mass is 16.6. The van der Waals surface area contributed by atoms with Crippen LogP contribution < -0.4 is 0 Å². The van der Waals surface area contributed by atoms with Crippen LogP contribution in [0.3, 0.4) is 0 Å². The summed E-state index contributed by atoms with van der Waals surface area (Å²) >= 11 is 0. The number of esters is 4. The summed E-state index contributed by atoms with van der Waals surface area (Å²) in [5.41, 5.74) is 0.809. The molecule has 59 heavy (non-hydrogen) atoms. The van der Waals surface area contributed by atoms with Crippen LogP contribution in [0.4, 0.5) is 0 Å². The van der Waals surface area contributed by atoms with Gasteiger partial charge in [-0.25, -0.2) is 9.59 Å². The summed E-state index contributed by atoms with van der Waals surface area (Å²) in [5, 5.41) is 19.5. The van der Waals surface area contributed by atoms with Crippen molar-refractivity contribution in [2.24, 2.45) is 57.2 Å². The van der Waals surface area contributed by atoms with Gasteiger partial charge in [-0.15, -0.1) is 0 Å². The van der Waals surface area contributed by atoms with E-state index in [1.807, 2.05) is 6.92 Å². The van der Waals surface area contributed by atoms with Crippen molar-refractivity contribution in [3.05, 3.63) is 24.3 Å². The van der Waals surface area contributed by atoms with Gasteiger partial charge in [0.25, 0.3) is 0 Å². The van der Waals surface area contributed by atoms with E-state index in [1.54, 1.807) is 0 Å². The first-order valence-corrected chi connectivity index (χ1v) is 21.0. The van der Waals surface area contributed by atoms with Crippen LogP contribution in [0.2, 0.25) is 0 Å². The van der Waals surface area contributed by atoms with Gasteiger partial charge < -0.3 is 38.6 Å². The van der Waals surface area contributed by atoms with Crippen molar-refractivity contribution >= 4 is 35.8 Å². The average molecular weight is 833 g/mol. The molecule has 0 aliphatic heterocycles. The lowest BCUT2D eigenvalue weighted by atomic mass is 9.47. The van der Waals surface area contributed by atoms with Gasteiger partial charge in [0.15, 0.2) is 12.2 Å². The Labute approximate surface area is 349 Å². The number of ether oxygens (including phenoxy) is 6. The summed E-state index contributed by atoms with van der Waals surface area (Å²) < 4.78 is 33.3. The van der Waals surface area contributed by atoms with Crippen molar-refractivity contribution in [3.63, 3.8) is 0 Å². The van der Waals surface area contributed by atoms with Crippen molar-refractivity contribution < 1.29 is 67.4 Å². The average Bonchev–Trinajstić information content (AvgIpc) is 3.16. The molecule has 0 heterocycles. The summed E-state index contributed by atoms with van der Waals surface area (Å²) in [6.07, 6.45) is 4.00. The highest BCUT2D eigenvalue weighted by molar-refractivity contribution is 5.87. The Morgan fingerprint density at radius 1 is 0.627 bits per heavy atom. The number of hydrogen-bond acceptors (Lipinski definition) is 12. The van der Waals surface area contributed by atoms with Crippen molar-refractivity contribution in [1.29, 1.82) is 0 Å². The van der Waals surface area contributed by atoms with Gasteiger partial charge in [-0.3, -0.25) is 19.2 Å². The van der Waals surface area contributed by atoms with Crippen LogP contribution in [0.15, 0.2) is 24.3 Å². The highest BCUT2D eigenvalue weighted by Crippen LogP contribution is 2.62. The molecular weight excluding hydrogens is 764 g/mol. The minimum atomic E-state index is -1.54. The first-order chi connectivity index (χ1) is 27.6. The SMILES string of the molecule is C=C1CC[C@H]2C(C)(C)CCC[C@]2(C)[C@H]1CO[C@@H](C(=O)OC)[C@@H](CC(=O)O)C(=O)OC[C@]1(C)CCC[C@]2(C)[C@@H](CO[C@@H](C(=O)OC)[C@@H](CC(=O)O)C(=O)OC)C(=C)CC[C@@H]12. The number of aliphatic carboxylic acids is 2. The molecule has 0 radical (unpaired) electrons. The molecule has 332 valence electrons. The molecule has 4 saturated carbocycles. The molecular formula is C45H68O14. The van der Waals surface area contributed by atoms with Gasteiger partial charge >= 0.3 is 35.8 Å². The van der Waals surface area contributed by atoms with Gasteiger partial charge in [-0.1, -0.05) is 71.8 Å². The second kappa shape index (κ2) is 19.3. The van der Waals surface area contributed by atoms with E-state index in [-0.39, 0.29) is 48.4 Å². The zero-order valence-electron chi connectivity index (χ0n) is 36.4. The van der Waals surface area contributed by atoms with Crippen LogP contribution in [0, 0.1) is 57.2 Å². The number of rotatable bonds is 18. The number of carboxylic acids is 2. The van der Waals surface area contributed by atoms with Crippen molar-refractivity contribution in [2.45, 2.75) is 124 Å². The minimum Gasteiger partial charge on any atom is -0.481 e. The fourth-order valence-electron chi connectivity index (χ4n) is 12.0. The van der Waals surface area contributed by atoms with Crippen LogP contribution in [0.25, 0.3) is 0 Å². The predicted molar refractivity (Wildman–Crippen MR) is 214 cm³/mol. The molecule has 11 atom stereocenters. The first kappa shape index (κ1) is 47.9. The third-order valence-corrected chi connectivity index (χ3v) is 15.1. The topological polar surface area (TPSA) is 198 Å². The van der Waals surface area contributed by atoms with E-state index in [0.29, 0.717) is 25.2 Å². The third-order valence-electron chi connectivity index (χ3n) is 15.1. The lowest BCUT2D eigenvalue weighted by molar-refractivity contribution is -0.181. The second-order valence-corrected chi connectivity index (χ2v) is 19.1. The number of carbonyl (C=O) groups is 6. The Bertz CT molecular complexity index is 1620. The zero-order chi connectivity index (χ0) is 44.1. The van der Waals surface area contributed by atoms with E-state index < -0.39 is 83.5 Å². The van der Waals surface area contributed by atoms with Crippen molar-refractivity contribution in [1.82, 2.24) is 0 Å². The largest absolute Gasteiger partial charge is 0.481 e. The highest BCUT2D eigenvalue weighted by Gasteiger charge is 2.57. The van der Waals surface area contributed by atoms with Crippen LogP contribution >= 0.6 is 0 Å². The van der Waals surface area contributed by atoms with Crippen LogP contribution in [-0.4, -0.2) is 99.4 Å².